The topological polar surface area (TPSA) is 15.3 Å². The Balaban J connectivity index is 1.93. The Hall–Kier alpha value is -1.09. The third-order valence-electron chi connectivity index (χ3n) is 3.55. The van der Waals surface area contributed by atoms with Crippen molar-refractivity contribution in [3.05, 3.63) is 29.6 Å². The SMILES string of the molecule is CC(CNC(C)(C)C)CN1CCc2ccc(F)cc21. The number of nitrogens with one attached hydrogen (secondary N) is 1. The smallest absolute Gasteiger partial charge is 0.125 e. The maximum absolute atomic E-state index is 13.3. The molecule has 1 aromatic rings. The van der Waals surface area contributed by atoms with Gasteiger partial charge in [0.15, 0.2) is 0 Å². The van der Waals surface area contributed by atoms with E-state index < -0.39 is 0 Å². The molecule has 1 heterocycles. The summed E-state index contributed by atoms with van der Waals surface area (Å²) in [6, 6.07) is 5.15. The Labute approximate surface area is 116 Å². The second-order valence-corrected chi connectivity index (χ2v) is 6.71. The molecular weight excluding hydrogens is 239 g/mol. The van der Waals surface area contributed by atoms with Crippen LogP contribution in [0.2, 0.25) is 0 Å². The highest BCUT2D eigenvalue weighted by molar-refractivity contribution is 5.58. The van der Waals surface area contributed by atoms with Gasteiger partial charge in [-0.05, 0) is 57.4 Å². The summed E-state index contributed by atoms with van der Waals surface area (Å²) in [6.45, 7) is 11.8. The lowest BCUT2D eigenvalue weighted by Crippen LogP contribution is -2.41. The number of hydrogen-bond donors (Lipinski definition) is 1. The van der Waals surface area contributed by atoms with Gasteiger partial charge >= 0.3 is 0 Å². The van der Waals surface area contributed by atoms with Crippen LogP contribution < -0.4 is 10.2 Å². The van der Waals surface area contributed by atoms with Gasteiger partial charge in [0.05, 0.1) is 0 Å². The van der Waals surface area contributed by atoms with E-state index in [-0.39, 0.29) is 11.4 Å². The summed E-state index contributed by atoms with van der Waals surface area (Å²) in [6.07, 6.45) is 1.04. The fraction of sp³-hybridized carbons (Fsp3) is 0.625. The fourth-order valence-corrected chi connectivity index (χ4v) is 2.53. The van der Waals surface area contributed by atoms with Crippen LogP contribution in [-0.2, 0) is 6.42 Å². The summed E-state index contributed by atoms with van der Waals surface area (Å²) in [5.41, 5.74) is 2.52. The van der Waals surface area contributed by atoms with Gasteiger partial charge in [0, 0.05) is 24.3 Å². The molecule has 2 rings (SSSR count). The Morgan fingerprint density at radius 2 is 2.11 bits per heavy atom. The molecule has 0 saturated carbocycles. The third-order valence-corrected chi connectivity index (χ3v) is 3.55. The lowest BCUT2D eigenvalue weighted by Gasteiger charge is -2.27. The number of rotatable bonds is 4. The number of hydrogen-bond acceptors (Lipinski definition) is 2. The Bertz CT molecular complexity index is 437. The van der Waals surface area contributed by atoms with Crippen LogP contribution in [0.15, 0.2) is 18.2 Å². The quantitative estimate of drug-likeness (QED) is 0.898. The van der Waals surface area contributed by atoms with E-state index in [0.29, 0.717) is 5.92 Å². The fourth-order valence-electron chi connectivity index (χ4n) is 2.53. The van der Waals surface area contributed by atoms with Crippen molar-refractivity contribution in [3.8, 4) is 0 Å². The summed E-state index contributed by atoms with van der Waals surface area (Å²) in [7, 11) is 0. The van der Waals surface area contributed by atoms with Gasteiger partial charge in [-0.3, -0.25) is 0 Å². The van der Waals surface area contributed by atoms with E-state index >= 15 is 0 Å². The van der Waals surface area contributed by atoms with Gasteiger partial charge in [0.2, 0.25) is 0 Å². The van der Waals surface area contributed by atoms with Gasteiger partial charge in [-0.1, -0.05) is 13.0 Å². The summed E-state index contributed by atoms with van der Waals surface area (Å²) in [5.74, 6) is 0.416. The van der Waals surface area contributed by atoms with E-state index in [1.54, 1.807) is 12.1 Å². The van der Waals surface area contributed by atoms with Crippen molar-refractivity contribution in [2.45, 2.75) is 39.7 Å². The number of anilines is 1. The van der Waals surface area contributed by atoms with Gasteiger partial charge in [-0.25, -0.2) is 4.39 Å². The molecule has 3 heteroatoms. The number of halogens is 1. The van der Waals surface area contributed by atoms with Crippen molar-refractivity contribution in [3.63, 3.8) is 0 Å². The second-order valence-electron chi connectivity index (χ2n) is 6.71. The first-order chi connectivity index (χ1) is 8.85. The molecule has 1 aliphatic heterocycles. The standard InChI is InChI=1S/C16H25FN2/c1-12(10-18-16(2,3)4)11-19-8-7-13-5-6-14(17)9-15(13)19/h5-6,9,12,18H,7-8,10-11H2,1-4H3. The van der Waals surface area contributed by atoms with Gasteiger partial charge in [0.25, 0.3) is 0 Å². The molecule has 0 aromatic heterocycles. The summed E-state index contributed by atoms with van der Waals surface area (Å²) in [4.78, 5) is 2.31. The second kappa shape index (κ2) is 5.49. The van der Waals surface area contributed by atoms with Gasteiger partial charge in [-0.15, -0.1) is 0 Å². The maximum Gasteiger partial charge on any atom is 0.125 e. The minimum atomic E-state index is -0.133. The predicted molar refractivity (Wildman–Crippen MR) is 79.2 cm³/mol. The van der Waals surface area contributed by atoms with E-state index in [1.807, 2.05) is 6.07 Å². The van der Waals surface area contributed by atoms with Crippen molar-refractivity contribution in [2.24, 2.45) is 5.92 Å². The lowest BCUT2D eigenvalue weighted by atomic mass is 10.1. The van der Waals surface area contributed by atoms with Crippen LogP contribution >= 0.6 is 0 Å². The molecule has 1 unspecified atom stereocenters. The molecule has 0 radical (unpaired) electrons. The normalized spacial score (nSPS) is 16.6. The molecule has 19 heavy (non-hydrogen) atoms. The van der Waals surface area contributed by atoms with Crippen LogP contribution in [0.1, 0.15) is 33.3 Å². The predicted octanol–water partition coefficient (Wildman–Crippen LogP) is 3.21. The number of fused-ring (bicyclic) bond motifs is 1. The van der Waals surface area contributed by atoms with Gasteiger partial charge < -0.3 is 10.2 Å². The van der Waals surface area contributed by atoms with E-state index in [1.165, 1.54) is 5.56 Å². The zero-order valence-electron chi connectivity index (χ0n) is 12.5. The monoisotopic (exact) mass is 264 g/mol. The molecule has 0 spiro atoms. The first kappa shape index (κ1) is 14.3. The van der Waals surface area contributed by atoms with E-state index in [2.05, 4.69) is 37.9 Å². The van der Waals surface area contributed by atoms with Crippen molar-refractivity contribution < 1.29 is 4.39 Å². The van der Waals surface area contributed by atoms with Crippen molar-refractivity contribution in [1.82, 2.24) is 5.32 Å². The van der Waals surface area contributed by atoms with Gasteiger partial charge in [0.1, 0.15) is 5.82 Å². The third kappa shape index (κ3) is 3.93. The molecule has 1 N–H and O–H groups in total. The van der Waals surface area contributed by atoms with Crippen LogP contribution in [0.4, 0.5) is 10.1 Å². The molecule has 1 aliphatic rings. The highest BCUT2D eigenvalue weighted by atomic mass is 19.1. The molecule has 1 atom stereocenters. The van der Waals surface area contributed by atoms with Crippen LogP contribution in [-0.4, -0.2) is 25.2 Å². The maximum atomic E-state index is 13.3. The molecule has 0 aliphatic carbocycles. The zero-order valence-corrected chi connectivity index (χ0v) is 12.5. The van der Waals surface area contributed by atoms with E-state index in [4.69, 9.17) is 0 Å². The molecule has 0 amide bonds. The van der Waals surface area contributed by atoms with Crippen molar-refractivity contribution in [2.75, 3.05) is 24.5 Å². The minimum absolute atomic E-state index is 0.133. The Morgan fingerprint density at radius 1 is 1.37 bits per heavy atom. The molecule has 1 aromatic carbocycles. The Morgan fingerprint density at radius 3 is 2.79 bits per heavy atom. The lowest BCUT2D eigenvalue weighted by molar-refractivity contribution is 0.382. The number of nitrogens with zero attached hydrogens (tertiary/aromatic N) is 1. The number of benzene rings is 1. The van der Waals surface area contributed by atoms with E-state index in [0.717, 1.165) is 31.7 Å². The average Bonchev–Trinajstić information content (AvgIpc) is 2.68. The zero-order chi connectivity index (χ0) is 14.0. The largest absolute Gasteiger partial charge is 0.371 e. The average molecular weight is 264 g/mol. The molecule has 106 valence electrons. The first-order valence-electron chi connectivity index (χ1n) is 7.13. The summed E-state index contributed by atoms with van der Waals surface area (Å²) in [5, 5.41) is 3.53. The molecule has 2 nitrogen and oxygen atoms in total. The Kier molecular flexibility index (Phi) is 4.14. The summed E-state index contributed by atoms with van der Waals surface area (Å²) >= 11 is 0. The minimum Gasteiger partial charge on any atom is -0.371 e. The summed E-state index contributed by atoms with van der Waals surface area (Å²) < 4.78 is 13.3. The van der Waals surface area contributed by atoms with Crippen molar-refractivity contribution in [1.29, 1.82) is 0 Å². The van der Waals surface area contributed by atoms with Crippen LogP contribution in [0.25, 0.3) is 0 Å². The first-order valence-corrected chi connectivity index (χ1v) is 7.13. The van der Waals surface area contributed by atoms with Crippen LogP contribution in [0.3, 0.4) is 0 Å². The molecule has 0 fully saturated rings. The van der Waals surface area contributed by atoms with Gasteiger partial charge in [-0.2, -0.15) is 0 Å². The van der Waals surface area contributed by atoms with Crippen LogP contribution in [0.5, 0.6) is 0 Å². The van der Waals surface area contributed by atoms with Crippen LogP contribution in [0, 0.1) is 11.7 Å². The van der Waals surface area contributed by atoms with E-state index in [9.17, 15) is 4.39 Å². The highest BCUT2D eigenvalue weighted by Gasteiger charge is 2.21. The van der Waals surface area contributed by atoms with Crippen molar-refractivity contribution >= 4 is 5.69 Å². The molecular formula is C16H25FN2. The molecule has 0 saturated heterocycles. The highest BCUT2D eigenvalue weighted by Crippen LogP contribution is 2.29. The molecule has 0 bridgehead atoms.